The zero-order chi connectivity index (χ0) is 22.7. The number of rotatable bonds is 8. The number of aliphatic hydroxyl groups is 2. The van der Waals surface area contributed by atoms with Gasteiger partial charge in [0.05, 0.1) is 25.7 Å². The van der Waals surface area contributed by atoms with E-state index in [4.69, 9.17) is 25.8 Å². The molecule has 8 nitrogen and oxygen atoms in total. The summed E-state index contributed by atoms with van der Waals surface area (Å²) in [6.45, 7) is 3.80. The lowest BCUT2D eigenvalue weighted by Gasteiger charge is -2.45. The molecule has 3 aliphatic heterocycles. The second-order valence-corrected chi connectivity index (χ2v) is 10.3. The molecule has 0 aliphatic carbocycles. The molecule has 0 saturated carbocycles. The molecule has 10 heteroatoms. The van der Waals surface area contributed by atoms with Crippen LogP contribution in [0.1, 0.15) is 38.5 Å². The third-order valence-electron chi connectivity index (χ3n) is 5.77. The molecule has 3 rings (SSSR count). The molecule has 31 heavy (non-hydrogen) atoms. The zero-order valence-electron chi connectivity index (χ0n) is 17.2. The molecule has 3 fully saturated rings. The van der Waals surface area contributed by atoms with Crippen LogP contribution >= 0.6 is 34.2 Å². The number of hydrogen-bond acceptors (Lipinski definition) is 8. The molecule has 3 heterocycles. The number of esters is 1. The minimum atomic E-state index is -1.15. The fourth-order valence-corrected chi connectivity index (χ4v) is 5.28. The van der Waals surface area contributed by atoms with Crippen molar-refractivity contribution in [3.05, 3.63) is 22.0 Å². The van der Waals surface area contributed by atoms with Gasteiger partial charge in [0.15, 0.2) is 11.9 Å². The summed E-state index contributed by atoms with van der Waals surface area (Å²) in [6, 6.07) is 0. The predicted molar refractivity (Wildman–Crippen MR) is 120 cm³/mol. The quantitative estimate of drug-likeness (QED) is 0.198. The van der Waals surface area contributed by atoms with E-state index in [1.165, 1.54) is 13.2 Å². The molecule has 0 spiro atoms. The van der Waals surface area contributed by atoms with Crippen molar-refractivity contribution in [1.29, 1.82) is 0 Å². The Hall–Kier alpha value is -0.720. The number of methoxy groups -OCH3 is 1. The van der Waals surface area contributed by atoms with Crippen LogP contribution in [0.15, 0.2) is 22.0 Å². The van der Waals surface area contributed by atoms with Gasteiger partial charge in [0, 0.05) is 17.9 Å². The van der Waals surface area contributed by atoms with Crippen molar-refractivity contribution in [3.8, 4) is 0 Å². The molecule has 3 saturated heterocycles. The van der Waals surface area contributed by atoms with E-state index in [0.29, 0.717) is 25.7 Å². The highest BCUT2D eigenvalue weighted by molar-refractivity contribution is 14.1. The van der Waals surface area contributed by atoms with Crippen molar-refractivity contribution >= 4 is 45.9 Å². The molecule has 0 radical (unpaired) electrons. The first-order valence-electron chi connectivity index (χ1n) is 10.3. The molecule has 174 valence electrons. The zero-order valence-corrected chi connectivity index (χ0v) is 20.2. The van der Waals surface area contributed by atoms with E-state index in [9.17, 15) is 19.8 Å². The van der Waals surface area contributed by atoms with Crippen molar-refractivity contribution in [2.24, 2.45) is 0 Å². The number of ether oxygens (including phenoxy) is 4. The second-order valence-electron chi connectivity index (χ2n) is 8.11. The van der Waals surface area contributed by atoms with Gasteiger partial charge in [-0.1, -0.05) is 6.58 Å². The van der Waals surface area contributed by atoms with Crippen LogP contribution in [0.4, 0.5) is 0 Å². The fraction of sp³-hybridized carbons (Fsp3) is 0.714. The van der Waals surface area contributed by atoms with Crippen molar-refractivity contribution in [2.75, 3.05) is 7.11 Å². The molecule has 0 aromatic heterocycles. The SMILES string of the molecule is C=C(I)C[C@H](Cl)CCC(=O)C=C1O[C@@H]2C(O[C@H]3CC[C@H](CC(=O)OC)O[C@@H]3[C@@H]2O)[C@H]1O. The first kappa shape index (κ1) is 24.9. The molecule has 8 atom stereocenters. The lowest BCUT2D eigenvalue weighted by Crippen LogP contribution is -2.61. The molecule has 0 bridgehead atoms. The van der Waals surface area contributed by atoms with Gasteiger partial charge in [-0.25, -0.2) is 0 Å². The number of ketones is 1. The van der Waals surface area contributed by atoms with Gasteiger partial charge in [-0.2, -0.15) is 0 Å². The van der Waals surface area contributed by atoms with Crippen LogP contribution in [0.3, 0.4) is 0 Å². The number of halogens is 2. The summed E-state index contributed by atoms with van der Waals surface area (Å²) >= 11 is 8.29. The average molecular weight is 571 g/mol. The van der Waals surface area contributed by atoms with Crippen LogP contribution in [0.25, 0.3) is 0 Å². The maximum atomic E-state index is 12.3. The van der Waals surface area contributed by atoms with Crippen LogP contribution in [-0.4, -0.2) is 77.2 Å². The highest BCUT2D eigenvalue weighted by atomic mass is 127. The van der Waals surface area contributed by atoms with E-state index in [2.05, 4.69) is 33.9 Å². The molecule has 2 N–H and O–H groups in total. The minimum absolute atomic E-state index is 0.0771. The first-order chi connectivity index (χ1) is 14.7. The maximum absolute atomic E-state index is 12.3. The highest BCUT2D eigenvalue weighted by Crippen LogP contribution is 2.40. The number of hydrogen-bond donors (Lipinski definition) is 2. The second kappa shape index (κ2) is 10.9. The van der Waals surface area contributed by atoms with Crippen molar-refractivity contribution in [1.82, 2.24) is 0 Å². The first-order valence-corrected chi connectivity index (χ1v) is 11.8. The number of carbonyl (C=O) groups is 2. The van der Waals surface area contributed by atoms with Gasteiger partial charge in [0.1, 0.15) is 30.2 Å². The smallest absolute Gasteiger partial charge is 0.308 e. The van der Waals surface area contributed by atoms with Gasteiger partial charge < -0.3 is 29.2 Å². The Kier molecular flexibility index (Phi) is 8.79. The summed E-state index contributed by atoms with van der Waals surface area (Å²) in [6.07, 6.45) is -1.59. The maximum Gasteiger partial charge on any atom is 0.308 e. The van der Waals surface area contributed by atoms with E-state index in [1.54, 1.807) is 0 Å². The van der Waals surface area contributed by atoms with Crippen molar-refractivity contribution in [2.45, 2.75) is 86.6 Å². The molecular weight excluding hydrogens is 543 g/mol. The van der Waals surface area contributed by atoms with Crippen LogP contribution in [0.2, 0.25) is 0 Å². The predicted octanol–water partition coefficient (Wildman–Crippen LogP) is 2.16. The lowest BCUT2D eigenvalue weighted by atomic mass is 9.88. The summed E-state index contributed by atoms with van der Waals surface area (Å²) in [5.74, 6) is -0.530. The Morgan fingerprint density at radius 1 is 1.29 bits per heavy atom. The normalized spacial score (nSPS) is 36.8. The van der Waals surface area contributed by atoms with E-state index < -0.39 is 36.6 Å². The Labute approximate surface area is 200 Å². The summed E-state index contributed by atoms with van der Waals surface area (Å²) in [7, 11) is 1.31. The summed E-state index contributed by atoms with van der Waals surface area (Å²) in [4.78, 5) is 23.9. The van der Waals surface area contributed by atoms with Crippen LogP contribution in [-0.2, 0) is 28.5 Å². The van der Waals surface area contributed by atoms with E-state index >= 15 is 0 Å². The van der Waals surface area contributed by atoms with Gasteiger partial charge in [-0.15, -0.1) is 11.6 Å². The molecule has 3 aliphatic rings. The number of carbonyl (C=O) groups excluding carboxylic acids is 2. The summed E-state index contributed by atoms with van der Waals surface area (Å²) in [5, 5.41) is 21.2. The fourth-order valence-electron chi connectivity index (χ4n) is 4.19. The molecule has 0 aromatic carbocycles. The Morgan fingerprint density at radius 3 is 2.71 bits per heavy atom. The average Bonchev–Trinajstić information content (AvgIpc) is 3.02. The van der Waals surface area contributed by atoms with Crippen LogP contribution in [0.5, 0.6) is 0 Å². The topological polar surface area (TPSA) is 112 Å². The standard InChI is InChI=1S/C21H28ClIO8/c1-10(23)7-11(22)3-4-12(24)8-15-17(26)20-21(31-15)18(27)19-14(30-20)6-5-13(29-19)9-16(25)28-2/h8,11,13-14,17-21,26-27H,1,3-7,9H2,2H3/t11-,13-,14+,17+,18+,19+,20?,21+/m1/s1. The van der Waals surface area contributed by atoms with E-state index in [1.807, 2.05) is 0 Å². The number of alkyl halides is 1. The summed E-state index contributed by atoms with van der Waals surface area (Å²) in [5.41, 5.74) is 0. The molecule has 0 aromatic rings. The third-order valence-corrected chi connectivity index (χ3v) is 6.58. The van der Waals surface area contributed by atoms with E-state index in [-0.39, 0.29) is 41.8 Å². The van der Waals surface area contributed by atoms with Crippen LogP contribution < -0.4 is 0 Å². The number of allylic oxidation sites excluding steroid dienone is 2. The van der Waals surface area contributed by atoms with E-state index in [0.717, 1.165) is 3.58 Å². The van der Waals surface area contributed by atoms with Gasteiger partial charge >= 0.3 is 5.97 Å². The minimum Gasteiger partial charge on any atom is -0.486 e. The number of fused-ring (bicyclic) bond motifs is 2. The summed E-state index contributed by atoms with van der Waals surface area (Å²) < 4.78 is 23.2. The lowest BCUT2D eigenvalue weighted by molar-refractivity contribution is -0.258. The van der Waals surface area contributed by atoms with Crippen molar-refractivity contribution < 1.29 is 38.7 Å². The Balaban J connectivity index is 1.60. The van der Waals surface area contributed by atoms with Crippen molar-refractivity contribution in [3.63, 3.8) is 0 Å². The Morgan fingerprint density at radius 2 is 2.03 bits per heavy atom. The largest absolute Gasteiger partial charge is 0.486 e. The molecular formula is C21H28ClIO8. The van der Waals surface area contributed by atoms with Gasteiger partial charge in [0.2, 0.25) is 0 Å². The van der Waals surface area contributed by atoms with Gasteiger partial charge in [-0.3, -0.25) is 9.59 Å². The van der Waals surface area contributed by atoms with Crippen LogP contribution in [0, 0.1) is 0 Å². The highest BCUT2D eigenvalue weighted by Gasteiger charge is 2.56. The monoisotopic (exact) mass is 570 g/mol. The third kappa shape index (κ3) is 6.20. The molecule has 1 unspecified atom stereocenters. The number of aliphatic hydroxyl groups excluding tert-OH is 2. The van der Waals surface area contributed by atoms with Gasteiger partial charge in [-0.05, 0) is 51.9 Å². The molecule has 0 amide bonds. The Bertz CT molecular complexity index is 728. The van der Waals surface area contributed by atoms with Gasteiger partial charge in [0.25, 0.3) is 0 Å².